The summed E-state index contributed by atoms with van der Waals surface area (Å²) in [6.07, 6.45) is 12.9. The fourth-order valence-corrected chi connectivity index (χ4v) is 3.07. The van der Waals surface area contributed by atoms with Gasteiger partial charge in [-0.25, -0.2) is 0 Å². The first-order valence-corrected chi connectivity index (χ1v) is 10.1. The number of hydrogen-bond acceptors (Lipinski definition) is 2. The van der Waals surface area contributed by atoms with Gasteiger partial charge in [-0.2, -0.15) is 0 Å². The van der Waals surface area contributed by atoms with E-state index in [0.717, 1.165) is 18.7 Å². The predicted molar refractivity (Wildman–Crippen MR) is 105 cm³/mol. The van der Waals surface area contributed by atoms with Crippen LogP contribution in [0.25, 0.3) is 0 Å². The Morgan fingerprint density at radius 2 is 1.25 bits per heavy atom. The highest BCUT2D eigenvalue weighted by atomic mass is 16.1. The summed E-state index contributed by atoms with van der Waals surface area (Å²) in [4.78, 5) is 14.9. The van der Waals surface area contributed by atoms with E-state index in [1.54, 1.807) is 0 Å². The van der Waals surface area contributed by atoms with Gasteiger partial charge in [-0.1, -0.05) is 95.5 Å². The van der Waals surface area contributed by atoms with Gasteiger partial charge in [-0.05, 0) is 25.9 Å². The molecule has 2 nitrogen and oxygen atoms in total. The van der Waals surface area contributed by atoms with E-state index in [1.165, 1.54) is 64.2 Å². The molecule has 0 saturated carbocycles. The van der Waals surface area contributed by atoms with Gasteiger partial charge in [0.05, 0.1) is 6.54 Å². The molecule has 0 heterocycles. The molecular weight excluding hydrogens is 294 g/mol. The minimum absolute atomic E-state index is 0.262. The first-order valence-electron chi connectivity index (χ1n) is 10.1. The first-order chi connectivity index (χ1) is 11.8. The van der Waals surface area contributed by atoms with Crippen molar-refractivity contribution in [2.45, 2.75) is 78.1 Å². The summed E-state index contributed by atoms with van der Waals surface area (Å²) < 4.78 is 0. The summed E-state index contributed by atoms with van der Waals surface area (Å²) in [5, 5.41) is 0. The van der Waals surface area contributed by atoms with Crippen LogP contribution in [0.4, 0.5) is 0 Å². The standard InChI is InChI=1S/C22H37NO/c1-3-5-7-9-14-18-23(19-15-10-8-6-4-2)20-22(24)21-16-12-11-13-17-21/h11-13,16-17H,3-10,14-15,18-20H2,1-2H3. The molecule has 0 bridgehead atoms. The van der Waals surface area contributed by atoms with Gasteiger partial charge in [0.1, 0.15) is 0 Å². The summed E-state index contributed by atoms with van der Waals surface area (Å²) >= 11 is 0. The lowest BCUT2D eigenvalue weighted by atomic mass is 10.1. The Morgan fingerprint density at radius 1 is 0.750 bits per heavy atom. The zero-order valence-electron chi connectivity index (χ0n) is 15.9. The second-order valence-electron chi connectivity index (χ2n) is 6.89. The van der Waals surface area contributed by atoms with Gasteiger partial charge in [0.2, 0.25) is 0 Å². The molecule has 0 saturated heterocycles. The fraction of sp³-hybridized carbons (Fsp3) is 0.682. The number of hydrogen-bond donors (Lipinski definition) is 0. The minimum atomic E-state index is 0.262. The average molecular weight is 332 g/mol. The molecule has 24 heavy (non-hydrogen) atoms. The molecule has 1 aromatic rings. The predicted octanol–water partition coefficient (Wildman–Crippen LogP) is 6.11. The van der Waals surface area contributed by atoms with E-state index < -0.39 is 0 Å². The quantitative estimate of drug-likeness (QED) is 0.285. The number of Topliss-reactive ketones (excluding diaryl/α,β-unsaturated/α-hetero) is 1. The molecule has 0 radical (unpaired) electrons. The van der Waals surface area contributed by atoms with Gasteiger partial charge in [-0.3, -0.25) is 9.69 Å². The fourth-order valence-electron chi connectivity index (χ4n) is 3.07. The minimum Gasteiger partial charge on any atom is -0.296 e. The Hall–Kier alpha value is -1.15. The Kier molecular flexibility index (Phi) is 12.4. The monoisotopic (exact) mass is 331 g/mol. The van der Waals surface area contributed by atoms with E-state index in [2.05, 4.69) is 18.7 Å². The summed E-state index contributed by atoms with van der Waals surface area (Å²) in [5.41, 5.74) is 0.847. The van der Waals surface area contributed by atoms with E-state index >= 15 is 0 Å². The van der Waals surface area contributed by atoms with Gasteiger partial charge in [-0.15, -0.1) is 0 Å². The van der Waals surface area contributed by atoms with Crippen molar-refractivity contribution >= 4 is 5.78 Å². The summed E-state index contributed by atoms with van der Waals surface area (Å²) in [6, 6.07) is 9.74. The van der Waals surface area contributed by atoms with Crippen LogP contribution in [0.15, 0.2) is 30.3 Å². The smallest absolute Gasteiger partial charge is 0.176 e. The molecule has 0 amide bonds. The molecule has 1 rings (SSSR count). The van der Waals surface area contributed by atoms with Crippen molar-refractivity contribution in [3.8, 4) is 0 Å². The van der Waals surface area contributed by atoms with Crippen molar-refractivity contribution in [1.82, 2.24) is 4.90 Å². The molecule has 0 aliphatic heterocycles. The highest BCUT2D eigenvalue weighted by Crippen LogP contribution is 2.09. The Bertz CT molecular complexity index is 401. The maximum atomic E-state index is 12.5. The van der Waals surface area contributed by atoms with Gasteiger partial charge >= 0.3 is 0 Å². The number of carbonyl (C=O) groups excluding carboxylic acids is 1. The highest BCUT2D eigenvalue weighted by Gasteiger charge is 2.12. The van der Waals surface area contributed by atoms with Gasteiger partial charge in [0, 0.05) is 5.56 Å². The molecule has 1 aromatic carbocycles. The molecule has 0 aliphatic carbocycles. The third-order valence-corrected chi connectivity index (χ3v) is 4.62. The van der Waals surface area contributed by atoms with Crippen molar-refractivity contribution in [3.05, 3.63) is 35.9 Å². The highest BCUT2D eigenvalue weighted by molar-refractivity contribution is 5.97. The molecule has 136 valence electrons. The molecule has 0 spiro atoms. The Labute approximate surface area is 149 Å². The lowest BCUT2D eigenvalue weighted by molar-refractivity contribution is 0.0927. The van der Waals surface area contributed by atoms with Gasteiger partial charge in [0.25, 0.3) is 0 Å². The molecule has 0 fully saturated rings. The maximum absolute atomic E-state index is 12.5. The van der Waals surface area contributed by atoms with Crippen molar-refractivity contribution in [3.63, 3.8) is 0 Å². The van der Waals surface area contributed by atoms with E-state index in [0.29, 0.717) is 6.54 Å². The van der Waals surface area contributed by atoms with Crippen molar-refractivity contribution in [2.75, 3.05) is 19.6 Å². The van der Waals surface area contributed by atoms with E-state index in [4.69, 9.17) is 0 Å². The van der Waals surface area contributed by atoms with Crippen molar-refractivity contribution in [2.24, 2.45) is 0 Å². The molecule has 0 N–H and O–H groups in total. The lowest BCUT2D eigenvalue weighted by Gasteiger charge is -2.21. The molecule has 0 aromatic heterocycles. The SMILES string of the molecule is CCCCCCCN(CCCCCCC)CC(=O)c1ccccc1. The topological polar surface area (TPSA) is 20.3 Å². The number of ketones is 1. The number of nitrogens with zero attached hydrogens (tertiary/aromatic N) is 1. The zero-order chi connectivity index (χ0) is 17.5. The second-order valence-corrected chi connectivity index (χ2v) is 6.89. The van der Waals surface area contributed by atoms with Crippen LogP contribution in [-0.2, 0) is 0 Å². The maximum Gasteiger partial charge on any atom is 0.176 e. The first kappa shape index (κ1) is 20.9. The zero-order valence-corrected chi connectivity index (χ0v) is 15.9. The Balaban J connectivity index is 2.39. The lowest BCUT2D eigenvalue weighted by Crippen LogP contribution is -2.32. The third kappa shape index (κ3) is 9.87. The Morgan fingerprint density at radius 3 is 1.75 bits per heavy atom. The van der Waals surface area contributed by atoms with Crippen LogP contribution in [0.5, 0.6) is 0 Å². The van der Waals surface area contributed by atoms with Crippen LogP contribution >= 0.6 is 0 Å². The second kappa shape index (κ2) is 14.2. The molecule has 0 unspecified atom stereocenters. The number of carbonyl (C=O) groups is 1. The van der Waals surface area contributed by atoms with E-state index in [-0.39, 0.29) is 5.78 Å². The van der Waals surface area contributed by atoms with Crippen LogP contribution in [-0.4, -0.2) is 30.3 Å². The van der Waals surface area contributed by atoms with Gasteiger partial charge in [0.15, 0.2) is 5.78 Å². The summed E-state index contributed by atoms with van der Waals surface area (Å²) in [6.45, 7) is 7.21. The number of rotatable bonds is 15. The summed E-state index contributed by atoms with van der Waals surface area (Å²) in [5.74, 6) is 0.262. The van der Waals surface area contributed by atoms with Crippen LogP contribution in [0.2, 0.25) is 0 Å². The summed E-state index contributed by atoms with van der Waals surface area (Å²) in [7, 11) is 0. The third-order valence-electron chi connectivity index (χ3n) is 4.62. The van der Waals surface area contributed by atoms with E-state index in [1.807, 2.05) is 30.3 Å². The normalized spacial score (nSPS) is 11.1. The number of unbranched alkanes of at least 4 members (excludes halogenated alkanes) is 8. The molecule has 0 atom stereocenters. The average Bonchev–Trinajstić information content (AvgIpc) is 2.61. The molecular formula is C22H37NO. The van der Waals surface area contributed by atoms with Crippen molar-refractivity contribution < 1.29 is 4.79 Å². The van der Waals surface area contributed by atoms with E-state index in [9.17, 15) is 4.79 Å². The van der Waals surface area contributed by atoms with Crippen LogP contribution in [0.1, 0.15) is 88.4 Å². The molecule has 2 heteroatoms. The van der Waals surface area contributed by atoms with Crippen LogP contribution in [0.3, 0.4) is 0 Å². The molecule has 0 aliphatic rings. The number of benzene rings is 1. The largest absolute Gasteiger partial charge is 0.296 e. The van der Waals surface area contributed by atoms with Gasteiger partial charge < -0.3 is 0 Å². The van der Waals surface area contributed by atoms with Crippen LogP contribution < -0.4 is 0 Å². The van der Waals surface area contributed by atoms with Crippen molar-refractivity contribution in [1.29, 1.82) is 0 Å². The van der Waals surface area contributed by atoms with Crippen LogP contribution in [0, 0.1) is 0 Å².